The molecule has 6 heteroatoms. The normalized spacial score (nSPS) is 11.0. The topological polar surface area (TPSA) is 73.3 Å². The third-order valence-electron chi connectivity index (χ3n) is 5.01. The highest BCUT2D eigenvalue weighted by Gasteiger charge is 2.08. The van der Waals surface area contributed by atoms with E-state index in [1.165, 1.54) is 84.8 Å². The molecule has 1 heterocycles. The van der Waals surface area contributed by atoms with Crippen molar-refractivity contribution in [2.24, 2.45) is 0 Å². The van der Waals surface area contributed by atoms with Gasteiger partial charge in [0.25, 0.3) is 0 Å². The first kappa shape index (κ1) is 25.9. The molecule has 0 radical (unpaired) electrons. The van der Waals surface area contributed by atoms with Crippen molar-refractivity contribution in [1.82, 2.24) is 9.97 Å². The standard InChI is InChI=1S/C24H41N3O3/c1-4-5-6-7-8-9-10-11-12-13-14-15-16-17-18-19-21(28)25-24-26-22(29-2)20-23(27-24)30-3/h11-12,20H,4-10,13-19H2,1-3H3,(H,25,26,27,28). The molecular formula is C24H41N3O3. The summed E-state index contributed by atoms with van der Waals surface area (Å²) in [6.45, 7) is 2.26. The quantitative estimate of drug-likeness (QED) is 0.218. The molecule has 0 unspecified atom stereocenters. The van der Waals surface area contributed by atoms with Crippen LogP contribution in [0.25, 0.3) is 0 Å². The van der Waals surface area contributed by atoms with E-state index in [1.54, 1.807) is 6.07 Å². The Morgan fingerprint density at radius 2 is 1.33 bits per heavy atom. The summed E-state index contributed by atoms with van der Waals surface area (Å²) in [5.41, 5.74) is 0. The molecule has 0 bridgehead atoms. The molecule has 1 amide bonds. The Bertz CT molecular complexity index is 583. The Balaban J connectivity index is 2.00. The second-order valence-corrected chi connectivity index (χ2v) is 7.66. The summed E-state index contributed by atoms with van der Waals surface area (Å²) >= 11 is 0. The molecule has 0 saturated carbocycles. The van der Waals surface area contributed by atoms with Crippen LogP contribution >= 0.6 is 0 Å². The summed E-state index contributed by atoms with van der Waals surface area (Å²) in [5, 5.41) is 2.71. The molecule has 0 aromatic carbocycles. The molecule has 1 N–H and O–H groups in total. The van der Waals surface area contributed by atoms with E-state index in [0.29, 0.717) is 18.2 Å². The number of amides is 1. The highest BCUT2D eigenvalue weighted by Crippen LogP contribution is 2.17. The van der Waals surface area contributed by atoms with E-state index in [2.05, 4.69) is 34.4 Å². The maximum atomic E-state index is 12.1. The third-order valence-corrected chi connectivity index (χ3v) is 5.01. The Morgan fingerprint density at radius 1 is 0.833 bits per heavy atom. The minimum absolute atomic E-state index is 0.0806. The van der Waals surface area contributed by atoms with Gasteiger partial charge in [-0.1, -0.05) is 70.4 Å². The molecule has 170 valence electrons. The molecule has 0 aliphatic heterocycles. The second kappa shape index (κ2) is 17.7. The van der Waals surface area contributed by atoms with E-state index < -0.39 is 0 Å². The van der Waals surface area contributed by atoms with E-state index >= 15 is 0 Å². The van der Waals surface area contributed by atoms with Crippen LogP contribution in [0.2, 0.25) is 0 Å². The van der Waals surface area contributed by atoms with Gasteiger partial charge >= 0.3 is 0 Å². The van der Waals surface area contributed by atoms with Gasteiger partial charge in [-0.05, 0) is 32.1 Å². The van der Waals surface area contributed by atoms with Gasteiger partial charge in [0.05, 0.1) is 20.3 Å². The number of allylic oxidation sites excluding steroid dienone is 2. The minimum atomic E-state index is -0.0806. The van der Waals surface area contributed by atoms with Crippen LogP contribution in [0.4, 0.5) is 5.95 Å². The van der Waals surface area contributed by atoms with Crippen molar-refractivity contribution in [3.63, 3.8) is 0 Å². The van der Waals surface area contributed by atoms with Crippen LogP contribution in [-0.4, -0.2) is 30.1 Å². The lowest BCUT2D eigenvalue weighted by Crippen LogP contribution is -2.14. The van der Waals surface area contributed by atoms with Crippen molar-refractivity contribution in [3.8, 4) is 11.8 Å². The van der Waals surface area contributed by atoms with Gasteiger partial charge in [-0.15, -0.1) is 0 Å². The molecule has 0 spiro atoms. The van der Waals surface area contributed by atoms with Crippen molar-refractivity contribution in [2.45, 2.75) is 96.8 Å². The predicted molar refractivity (Wildman–Crippen MR) is 123 cm³/mol. The maximum absolute atomic E-state index is 12.1. The first-order valence-corrected chi connectivity index (χ1v) is 11.6. The van der Waals surface area contributed by atoms with Gasteiger partial charge in [0, 0.05) is 6.42 Å². The summed E-state index contributed by atoms with van der Waals surface area (Å²) in [6, 6.07) is 1.57. The van der Waals surface area contributed by atoms with Crippen LogP contribution in [0.3, 0.4) is 0 Å². The molecule has 0 saturated heterocycles. The van der Waals surface area contributed by atoms with Gasteiger partial charge in [-0.3, -0.25) is 10.1 Å². The first-order valence-electron chi connectivity index (χ1n) is 11.6. The summed E-state index contributed by atoms with van der Waals surface area (Å²) in [4.78, 5) is 20.3. The molecule has 1 rings (SSSR count). The van der Waals surface area contributed by atoms with Crippen LogP contribution < -0.4 is 14.8 Å². The van der Waals surface area contributed by atoms with E-state index in [4.69, 9.17) is 9.47 Å². The minimum Gasteiger partial charge on any atom is -0.481 e. The average molecular weight is 420 g/mol. The molecule has 1 aromatic heterocycles. The SMILES string of the molecule is CCCCCCCCC=CCCCCCCCC(=O)Nc1nc(OC)cc(OC)n1. The van der Waals surface area contributed by atoms with Crippen molar-refractivity contribution < 1.29 is 14.3 Å². The number of nitrogens with one attached hydrogen (secondary N) is 1. The number of hydrogen-bond donors (Lipinski definition) is 1. The molecule has 30 heavy (non-hydrogen) atoms. The van der Waals surface area contributed by atoms with Gasteiger partial charge in [-0.25, -0.2) is 0 Å². The number of methoxy groups -OCH3 is 2. The monoisotopic (exact) mass is 419 g/mol. The predicted octanol–water partition coefficient (Wildman–Crippen LogP) is 6.47. The fraction of sp³-hybridized carbons (Fsp3) is 0.708. The zero-order chi connectivity index (χ0) is 21.9. The lowest BCUT2D eigenvalue weighted by atomic mass is 10.1. The fourth-order valence-electron chi connectivity index (χ4n) is 3.21. The van der Waals surface area contributed by atoms with Crippen molar-refractivity contribution >= 4 is 11.9 Å². The van der Waals surface area contributed by atoms with Crippen molar-refractivity contribution in [1.29, 1.82) is 0 Å². The number of nitrogens with zero attached hydrogens (tertiary/aromatic N) is 2. The molecule has 0 aliphatic carbocycles. The Kier molecular flexibility index (Phi) is 15.3. The largest absolute Gasteiger partial charge is 0.481 e. The average Bonchev–Trinajstić information content (AvgIpc) is 2.76. The van der Waals surface area contributed by atoms with Crippen LogP contribution in [-0.2, 0) is 4.79 Å². The molecule has 0 atom stereocenters. The summed E-state index contributed by atoms with van der Waals surface area (Å²) in [5.74, 6) is 0.850. The summed E-state index contributed by atoms with van der Waals surface area (Å²) in [7, 11) is 3.03. The number of unbranched alkanes of at least 4 members (excludes halogenated alkanes) is 11. The summed E-state index contributed by atoms with van der Waals surface area (Å²) in [6.07, 6.45) is 21.3. The number of carbonyl (C=O) groups excluding carboxylic acids is 1. The summed E-state index contributed by atoms with van der Waals surface area (Å²) < 4.78 is 10.2. The lowest BCUT2D eigenvalue weighted by molar-refractivity contribution is -0.116. The van der Waals surface area contributed by atoms with Gasteiger partial charge < -0.3 is 9.47 Å². The second-order valence-electron chi connectivity index (χ2n) is 7.66. The fourth-order valence-corrected chi connectivity index (χ4v) is 3.21. The highest BCUT2D eigenvalue weighted by molar-refractivity contribution is 5.88. The number of aromatic nitrogens is 2. The van der Waals surface area contributed by atoms with Gasteiger partial charge in [-0.2, -0.15) is 9.97 Å². The maximum Gasteiger partial charge on any atom is 0.236 e. The third kappa shape index (κ3) is 13.2. The highest BCUT2D eigenvalue weighted by atomic mass is 16.5. The zero-order valence-corrected chi connectivity index (χ0v) is 19.3. The van der Waals surface area contributed by atoms with Gasteiger partial charge in [0.15, 0.2) is 0 Å². The molecular weight excluding hydrogens is 378 g/mol. The van der Waals surface area contributed by atoms with E-state index in [1.807, 2.05) is 0 Å². The van der Waals surface area contributed by atoms with Crippen molar-refractivity contribution in [2.75, 3.05) is 19.5 Å². The van der Waals surface area contributed by atoms with Gasteiger partial charge in [0.1, 0.15) is 0 Å². The van der Waals surface area contributed by atoms with E-state index in [-0.39, 0.29) is 11.9 Å². The van der Waals surface area contributed by atoms with Crippen LogP contribution in [0.15, 0.2) is 18.2 Å². The van der Waals surface area contributed by atoms with Crippen LogP contribution in [0, 0.1) is 0 Å². The molecule has 6 nitrogen and oxygen atoms in total. The smallest absolute Gasteiger partial charge is 0.236 e. The Morgan fingerprint density at radius 3 is 1.87 bits per heavy atom. The number of rotatable bonds is 18. The first-order chi connectivity index (χ1) is 14.7. The van der Waals surface area contributed by atoms with Crippen LogP contribution in [0.1, 0.15) is 96.8 Å². The van der Waals surface area contributed by atoms with E-state index in [0.717, 1.165) is 12.8 Å². The van der Waals surface area contributed by atoms with Crippen LogP contribution in [0.5, 0.6) is 11.8 Å². The number of carbonyl (C=O) groups is 1. The van der Waals surface area contributed by atoms with E-state index in [9.17, 15) is 4.79 Å². The molecule has 0 fully saturated rings. The lowest BCUT2D eigenvalue weighted by Gasteiger charge is -2.07. The molecule has 1 aromatic rings. The zero-order valence-electron chi connectivity index (χ0n) is 19.3. The Labute approximate surface area is 182 Å². The molecule has 0 aliphatic rings. The Hall–Kier alpha value is -2.11. The number of ether oxygens (including phenoxy) is 2. The number of anilines is 1. The van der Waals surface area contributed by atoms with Gasteiger partial charge in [0.2, 0.25) is 23.6 Å². The number of hydrogen-bond acceptors (Lipinski definition) is 5. The van der Waals surface area contributed by atoms with Crippen molar-refractivity contribution in [3.05, 3.63) is 18.2 Å².